The van der Waals surface area contributed by atoms with Gasteiger partial charge in [0, 0.05) is 12.8 Å². The molecule has 0 spiro atoms. The van der Waals surface area contributed by atoms with Crippen molar-refractivity contribution in [3.8, 4) is 0 Å². The van der Waals surface area contributed by atoms with Gasteiger partial charge in [-0.1, -0.05) is 141 Å². The van der Waals surface area contributed by atoms with Gasteiger partial charge in [0.15, 0.2) is 6.10 Å². The molecule has 0 bridgehead atoms. The number of ether oxygens (including phenoxy) is 2. The number of carbonyl (C=O) groups excluding carboxylic acids is 2. The van der Waals surface area contributed by atoms with E-state index in [1.165, 1.54) is 103 Å². The average molecular weight is 775 g/mol. The van der Waals surface area contributed by atoms with Crippen molar-refractivity contribution < 1.29 is 47.8 Å². The topological polar surface area (TPSA) is 149 Å². The Balaban J connectivity index is 4.31. The van der Waals surface area contributed by atoms with E-state index >= 15 is 0 Å². The van der Waals surface area contributed by atoms with E-state index in [2.05, 4.69) is 42.7 Å². The molecule has 0 radical (unpaired) electrons. The maximum Gasteiger partial charge on any atom is 0.472 e. The van der Waals surface area contributed by atoms with Crippen LogP contribution in [0, 0.1) is 0 Å². The molecule has 0 aromatic heterocycles. The van der Waals surface area contributed by atoms with Gasteiger partial charge >= 0.3 is 19.8 Å². The molecule has 3 N–H and O–H groups in total. The Labute approximate surface area is 323 Å². The number of hydrogen-bond acceptors (Lipinski definition) is 9. The van der Waals surface area contributed by atoms with E-state index in [4.69, 9.17) is 19.1 Å². The zero-order valence-electron chi connectivity index (χ0n) is 33.7. The number of hydrogen-bond donors (Lipinski definition) is 3. The number of phosphoric ester groups is 1. The van der Waals surface area contributed by atoms with E-state index in [1.54, 1.807) is 0 Å². The minimum absolute atomic E-state index is 0.180. The van der Waals surface area contributed by atoms with Gasteiger partial charge in [-0.2, -0.15) is 0 Å². The van der Waals surface area contributed by atoms with Gasteiger partial charge in [-0.05, 0) is 64.2 Å². The minimum Gasteiger partial charge on any atom is -0.462 e. The summed E-state index contributed by atoms with van der Waals surface area (Å²) in [6, 6.07) is 0. The van der Waals surface area contributed by atoms with Crippen LogP contribution in [0.5, 0.6) is 0 Å². The lowest BCUT2D eigenvalue weighted by molar-refractivity contribution is -0.161. The van der Waals surface area contributed by atoms with Crippen molar-refractivity contribution in [2.24, 2.45) is 0 Å². The van der Waals surface area contributed by atoms with Gasteiger partial charge in [0.05, 0.1) is 19.8 Å². The predicted molar refractivity (Wildman–Crippen MR) is 215 cm³/mol. The van der Waals surface area contributed by atoms with Crippen molar-refractivity contribution >= 4 is 19.8 Å². The largest absolute Gasteiger partial charge is 0.472 e. The van der Waals surface area contributed by atoms with Crippen LogP contribution >= 0.6 is 7.82 Å². The normalized spacial score (nSPS) is 14.1. The molecule has 0 aromatic carbocycles. The van der Waals surface area contributed by atoms with Gasteiger partial charge in [0.1, 0.15) is 12.7 Å². The number of aliphatic hydroxyl groups is 2. The molecule has 0 amide bonds. The summed E-state index contributed by atoms with van der Waals surface area (Å²) in [7, 11) is -4.61. The molecule has 3 unspecified atom stereocenters. The first-order valence-electron chi connectivity index (χ1n) is 21.3. The lowest BCUT2D eigenvalue weighted by Gasteiger charge is -2.20. The summed E-state index contributed by atoms with van der Waals surface area (Å²) in [6.07, 6.45) is 37.1. The molecule has 0 saturated carbocycles. The lowest BCUT2D eigenvalue weighted by atomic mass is 10.1. The molecule has 53 heavy (non-hydrogen) atoms. The molecule has 0 fully saturated rings. The van der Waals surface area contributed by atoms with Crippen molar-refractivity contribution in [2.75, 3.05) is 26.4 Å². The van der Waals surface area contributed by atoms with Crippen LogP contribution in [0.2, 0.25) is 0 Å². The first kappa shape index (κ1) is 51.5. The number of esters is 2. The molecule has 11 heteroatoms. The Morgan fingerprint density at radius 2 is 0.925 bits per heavy atom. The molecule has 0 saturated heterocycles. The van der Waals surface area contributed by atoms with Crippen LogP contribution < -0.4 is 0 Å². The zero-order chi connectivity index (χ0) is 39.1. The number of allylic oxidation sites excluding steroid dienone is 4. The van der Waals surface area contributed by atoms with E-state index in [0.717, 1.165) is 51.4 Å². The quantitative estimate of drug-likeness (QED) is 0.0238. The maximum atomic E-state index is 12.6. The SMILES string of the molecule is CCCCCCC=CCCCCCCCCCC(=O)OCC(COP(=O)(O)OCC(O)CO)OC(=O)CCCCCCCCCC=CCCCCCC. The standard InChI is InChI=1S/C42H79O10P/c1-3-5-7-9-11-13-15-17-19-21-23-25-27-29-31-33-41(45)49-37-40(38-51-53(47,48)50-36-39(44)35-43)52-42(46)34-32-30-28-26-24-22-20-18-16-14-12-10-8-6-4-2/h13-16,39-40,43-44H,3-12,17-38H2,1-2H3,(H,47,48). The zero-order valence-corrected chi connectivity index (χ0v) is 34.6. The molecule has 0 aliphatic carbocycles. The van der Waals surface area contributed by atoms with Gasteiger partial charge in [-0.3, -0.25) is 18.6 Å². The third kappa shape index (κ3) is 38.5. The van der Waals surface area contributed by atoms with Crippen molar-refractivity contribution in [1.82, 2.24) is 0 Å². The second-order valence-electron chi connectivity index (χ2n) is 14.4. The van der Waals surface area contributed by atoms with E-state index in [0.29, 0.717) is 12.8 Å². The molecular weight excluding hydrogens is 695 g/mol. The highest BCUT2D eigenvalue weighted by Gasteiger charge is 2.27. The van der Waals surface area contributed by atoms with Crippen LogP contribution in [0.25, 0.3) is 0 Å². The second-order valence-corrected chi connectivity index (χ2v) is 15.8. The monoisotopic (exact) mass is 775 g/mol. The summed E-state index contributed by atoms with van der Waals surface area (Å²) in [6.45, 7) is 2.35. The van der Waals surface area contributed by atoms with Crippen molar-refractivity contribution in [3.63, 3.8) is 0 Å². The second kappa shape index (κ2) is 38.7. The van der Waals surface area contributed by atoms with Crippen LogP contribution in [0.4, 0.5) is 0 Å². The fraction of sp³-hybridized carbons (Fsp3) is 0.857. The van der Waals surface area contributed by atoms with Gasteiger partial charge in [-0.25, -0.2) is 4.57 Å². The summed E-state index contributed by atoms with van der Waals surface area (Å²) in [4.78, 5) is 34.9. The molecule has 312 valence electrons. The molecule has 0 aliphatic heterocycles. The van der Waals surface area contributed by atoms with E-state index in [1.807, 2.05) is 0 Å². The van der Waals surface area contributed by atoms with Crippen molar-refractivity contribution in [2.45, 2.75) is 206 Å². The fourth-order valence-corrected chi connectivity index (χ4v) is 6.54. The number of carbonyl (C=O) groups is 2. The first-order chi connectivity index (χ1) is 25.7. The highest BCUT2D eigenvalue weighted by atomic mass is 31.2. The summed E-state index contributed by atoms with van der Waals surface area (Å²) >= 11 is 0. The Bertz CT molecular complexity index is 941. The van der Waals surface area contributed by atoms with Crippen molar-refractivity contribution in [1.29, 1.82) is 0 Å². The fourth-order valence-electron chi connectivity index (χ4n) is 5.75. The Morgan fingerprint density at radius 3 is 1.36 bits per heavy atom. The van der Waals surface area contributed by atoms with Crippen LogP contribution in [-0.2, 0) is 32.7 Å². The Morgan fingerprint density at radius 1 is 0.547 bits per heavy atom. The molecular formula is C42H79O10P. The summed E-state index contributed by atoms with van der Waals surface area (Å²) in [5, 5.41) is 18.3. The van der Waals surface area contributed by atoms with Gasteiger partial charge in [0.2, 0.25) is 0 Å². The van der Waals surface area contributed by atoms with Crippen LogP contribution in [-0.4, -0.2) is 65.7 Å². The van der Waals surface area contributed by atoms with Crippen LogP contribution in [0.15, 0.2) is 24.3 Å². The van der Waals surface area contributed by atoms with Crippen LogP contribution in [0.3, 0.4) is 0 Å². The number of unbranched alkanes of at least 4 members (excludes halogenated alkanes) is 22. The smallest absolute Gasteiger partial charge is 0.462 e. The van der Waals surface area contributed by atoms with Crippen LogP contribution in [0.1, 0.15) is 194 Å². The number of aliphatic hydroxyl groups excluding tert-OH is 2. The predicted octanol–water partition coefficient (Wildman–Crippen LogP) is 11.0. The van der Waals surface area contributed by atoms with E-state index < -0.39 is 51.8 Å². The summed E-state index contributed by atoms with van der Waals surface area (Å²) in [5.41, 5.74) is 0. The molecule has 0 aliphatic rings. The number of phosphoric acid groups is 1. The highest BCUT2D eigenvalue weighted by Crippen LogP contribution is 2.43. The minimum atomic E-state index is -4.61. The highest BCUT2D eigenvalue weighted by molar-refractivity contribution is 7.47. The Hall–Kier alpha value is -1.55. The third-order valence-corrected chi connectivity index (χ3v) is 10.0. The lowest BCUT2D eigenvalue weighted by Crippen LogP contribution is -2.29. The van der Waals surface area contributed by atoms with Gasteiger partial charge < -0.3 is 24.6 Å². The molecule has 0 heterocycles. The molecule has 0 rings (SSSR count). The maximum absolute atomic E-state index is 12.6. The third-order valence-electron chi connectivity index (χ3n) is 9.08. The molecule has 10 nitrogen and oxygen atoms in total. The molecule has 3 atom stereocenters. The van der Waals surface area contributed by atoms with Gasteiger partial charge in [0.25, 0.3) is 0 Å². The summed E-state index contributed by atoms with van der Waals surface area (Å²) < 4.78 is 32.7. The Kier molecular flexibility index (Phi) is 37.6. The van der Waals surface area contributed by atoms with Gasteiger partial charge in [-0.15, -0.1) is 0 Å². The number of rotatable bonds is 40. The first-order valence-corrected chi connectivity index (χ1v) is 22.8. The summed E-state index contributed by atoms with van der Waals surface area (Å²) in [5.74, 6) is -0.931. The van der Waals surface area contributed by atoms with Crippen molar-refractivity contribution in [3.05, 3.63) is 24.3 Å². The average Bonchev–Trinajstić information content (AvgIpc) is 3.14. The van der Waals surface area contributed by atoms with E-state index in [9.17, 15) is 24.2 Å². The van der Waals surface area contributed by atoms with E-state index in [-0.39, 0.29) is 19.4 Å². The molecule has 0 aromatic rings.